The first-order chi connectivity index (χ1) is 19.6. The predicted octanol–water partition coefficient (Wildman–Crippen LogP) is 1.51. The van der Waals surface area contributed by atoms with Gasteiger partial charge in [0.05, 0.1) is 8.81 Å². The highest BCUT2D eigenvalue weighted by Gasteiger charge is 2.70. The van der Waals surface area contributed by atoms with Gasteiger partial charge in [-0.15, -0.1) is 0 Å². The van der Waals surface area contributed by atoms with Gasteiger partial charge in [-0.25, -0.2) is 8.78 Å². The summed E-state index contributed by atoms with van der Waals surface area (Å²) in [4.78, 5) is 52.1. The van der Waals surface area contributed by atoms with Crippen LogP contribution in [-0.2, 0) is 19.2 Å². The van der Waals surface area contributed by atoms with Gasteiger partial charge in [-0.05, 0) is 24.2 Å². The van der Waals surface area contributed by atoms with Gasteiger partial charge in [-0.3, -0.25) is 19.2 Å². The Morgan fingerprint density at radius 3 is 2.44 bits per heavy atom. The first kappa shape index (κ1) is 23.6. The molecule has 39 heavy (non-hydrogen) atoms. The van der Waals surface area contributed by atoms with Gasteiger partial charge in [0, 0.05) is 39.5 Å². The summed E-state index contributed by atoms with van der Waals surface area (Å²) in [5.41, 5.74) is -1.43. The Hall–Kier alpha value is -3.24. The Morgan fingerprint density at radius 1 is 1.26 bits per heavy atom. The van der Waals surface area contributed by atoms with Crippen molar-refractivity contribution in [3.05, 3.63) is 12.1 Å². The molecule has 3 fully saturated rings. The van der Waals surface area contributed by atoms with Crippen LogP contribution < -0.4 is 16.0 Å². The zero-order valence-electron chi connectivity index (χ0n) is 25.2. The van der Waals surface area contributed by atoms with Crippen molar-refractivity contribution in [3.8, 4) is 6.07 Å². The van der Waals surface area contributed by atoms with Gasteiger partial charge in [0.25, 0.3) is 5.92 Å². The number of nitrogens with one attached hydrogen (secondary N) is 3. The summed E-state index contributed by atoms with van der Waals surface area (Å²) in [6.45, 7) is 3.35. The van der Waals surface area contributed by atoms with Crippen LogP contribution in [0, 0.1) is 46.3 Å². The third-order valence-electron chi connectivity index (χ3n) is 7.57. The number of fused-ring (bicyclic) bond motifs is 5. The maximum Gasteiger partial charge on any atom is 0.471 e. The van der Waals surface area contributed by atoms with Gasteiger partial charge in [0.15, 0.2) is 0 Å². The zero-order chi connectivity index (χ0) is 32.7. The minimum Gasteiger partial charge on any atom is -0.356 e. The Morgan fingerprint density at radius 2 is 1.90 bits per heavy atom. The second kappa shape index (κ2) is 9.75. The monoisotopic (exact) mass is 563 g/mol. The topological polar surface area (TPSA) is 131 Å². The molecular weight excluding hydrogens is 529 g/mol. The quantitative estimate of drug-likeness (QED) is 0.333. The number of rotatable bonds is 6. The van der Waals surface area contributed by atoms with Crippen LogP contribution in [0.1, 0.15) is 39.1 Å². The number of likely N-dealkylation sites (tertiary alicyclic amines) is 1. The first-order valence-electron chi connectivity index (χ1n) is 14.3. The molecule has 0 unspecified atom stereocenters. The van der Waals surface area contributed by atoms with Gasteiger partial charge in [-0.1, -0.05) is 32.9 Å². The molecule has 14 heteroatoms. The molecule has 0 aromatic heterocycles. The van der Waals surface area contributed by atoms with E-state index in [0.29, 0.717) is 17.9 Å². The van der Waals surface area contributed by atoms with Crippen molar-refractivity contribution in [2.45, 2.75) is 63.8 Å². The second-order valence-corrected chi connectivity index (χ2v) is 11.2. The molecule has 2 saturated heterocycles. The lowest BCUT2D eigenvalue weighted by Gasteiger charge is -2.37. The third-order valence-corrected chi connectivity index (χ3v) is 7.57. The summed E-state index contributed by atoms with van der Waals surface area (Å²) in [5.74, 6) is -20.8. The number of carbonyl (C=O) groups is 4. The molecule has 0 radical (unpaired) electrons. The standard InChI is InChI=1S/C25H30F5N5O4/c1-23(2,3)18(34-22(39)25(28,29)30)21(38)35-10-13-14-4-5-15(24(14,26)27)16(13)17(35)20(37)33-12(9-31)8-11-6-7-32-19(11)36/h4-5,11-18H,6-8,10H2,1-3H3,(H,32,36)(H,33,37)(H,34,39)/t11-,12-,13+,14-,15+,16+,17-,18+/m0/s1/i4D,5D,14D,15D. The minimum atomic E-state index is -5.41. The number of allylic oxidation sites excluding steroid dienone is 2. The van der Waals surface area contributed by atoms with E-state index in [4.69, 9.17) is 5.48 Å². The molecule has 0 aromatic carbocycles. The molecule has 0 aromatic rings. The fourth-order valence-electron chi connectivity index (χ4n) is 5.65. The van der Waals surface area contributed by atoms with Gasteiger partial charge in [-0.2, -0.15) is 18.4 Å². The van der Waals surface area contributed by atoms with Crippen LogP contribution in [-0.4, -0.2) is 71.8 Å². The van der Waals surface area contributed by atoms with Crippen LogP contribution in [0.2, 0.25) is 0 Å². The van der Waals surface area contributed by atoms with Crippen molar-refractivity contribution in [1.29, 1.82) is 5.26 Å². The zero-order valence-corrected chi connectivity index (χ0v) is 21.2. The molecule has 4 amide bonds. The Labute approximate surface area is 227 Å². The van der Waals surface area contributed by atoms with E-state index in [9.17, 15) is 37.6 Å². The molecule has 2 aliphatic carbocycles. The molecule has 214 valence electrons. The molecule has 4 rings (SSSR count). The van der Waals surface area contributed by atoms with Gasteiger partial charge < -0.3 is 20.9 Å². The van der Waals surface area contributed by atoms with E-state index in [0.717, 1.165) is 0 Å². The minimum absolute atomic E-state index is 0.194. The van der Waals surface area contributed by atoms with Crippen molar-refractivity contribution in [1.82, 2.24) is 20.9 Å². The second-order valence-electron chi connectivity index (χ2n) is 11.2. The van der Waals surface area contributed by atoms with E-state index in [1.807, 2.05) is 0 Å². The van der Waals surface area contributed by atoms with Crippen LogP contribution in [0.3, 0.4) is 0 Å². The van der Waals surface area contributed by atoms with Gasteiger partial charge in [0.2, 0.25) is 17.7 Å². The SMILES string of the molecule is [2H]C1=C([2H])[C@]2([2H])[C@@H]3[C@@H](C(=O)N[C@H](C#N)C[C@@H]4CCNC4=O)N(C(=O)[C@@H](NC(=O)C(F)(F)F)C(C)(C)C)C[C@@H]3[C@@]1([2H])C2(F)F. The number of nitrogens with zero attached hydrogens (tertiary/aromatic N) is 2. The normalized spacial score (nSPS) is 38.0. The fraction of sp³-hybridized carbons (Fsp3) is 0.720. The summed E-state index contributed by atoms with van der Waals surface area (Å²) in [6.07, 6.45) is -5.27. The number of nitriles is 1. The van der Waals surface area contributed by atoms with E-state index in [1.54, 1.807) is 11.4 Å². The van der Waals surface area contributed by atoms with Gasteiger partial charge >= 0.3 is 12.1 Å². The van der Waals surface area contributed by atoms with Crippen molar-refractivity contribution in [3.63, 3.8) is 0 Å². The summed E-state index contributed by atoms with van der Waals surface area (Å²) in [7, 11) is 0. The highest BCUT2D eigenvalue weighted by Crippen LogP contribution is 2.61. The Balaban J connectivity index is 1.77. The van der Waals surface area contributed by atoms with Crippen molar-refractivity contribution >= 4 is 23.6 Å². The summed E-state index contributed by atoms with van der Waals surface area (Å²) < 4.78 is 104. The molecule has 8 atom stereocenters. The van der Waals surface area contributed by atoms with Crippen molar-refractivity contribution in [2.24, 2.45) is 35.0 Å². The fourth-order valence-corrected chi connectivity index (χ4v) is 5.65. The van der Waals surface area contributed by atoms with Crippen LogP contribution >= 0.6 is 0 Å². The Kier molecular flexibility index (Phi) is 5.90. The average Bonchev–Trinajstić information content (AvgIpc) is 3.55. The molecule has 2 bridgehead atoms. The first-order valence-corrected chi connectivity index (χ1v) is 12.3. The predicted molar refractivity (Wildman–Crippen MR) is 124 cm³/mol. The molecule has 2 aliphatic heterocycles. The Bertz CT molecular complexity index is 1330. The highest BCUT2D eigenvalue weighted by atomic mass is 19.4. The number of hydrogen-bond acceptors (Lipinski definition) is 5. The highest BCUT2D eigenvalue weighted by molar-refractivity contribution is 5.94. The van der Waals surface area contributed by atoms with E-state index in [2.05, 4.69) is 10.6 Å². The molecule has 4 aliphatic rings. The summed E-state index contributed by atoms with van der Waals surface area (Å²) in [5, 5.41) is 16.1. The maximum atomic E-state index is 15.7. The lowest BCUT2D eigenvalue weighted by atomic mass is 9.81. The lowest BCUT2D eigenvalue weighted by Crippen LogP contribution is -2.61. The number of halogens is 5. The van der Waals surface area contributed by atoms with Crippen LogP contribution in [0.15, 0.2) is 12.1 Å². The van der Waals surface area contributed by atoms with Crippen molar-refractivity contribution < 1.29 is 46.6 Å². The van der Waals surface area contributed by atoms with E-state index < -0.39 is 102 Å². The largest absolute Gasteiger partial charge is 0.471 e. The number of alkyl halides is 5. The summed E-state index contributed by atoms with van der Waals surface area (Å²) >= 11 is 0. The van der Waals surface area contributed by atoms with E-state index in [-0.39, 0.29) is 12.3 Å². The molecular formula is C25H30F5N5O4. The molecule has 2 heterocycles. The van der Waals surface area contributed by atoms with E-state index >= 15 is 8.78 Å². The molecule has 0 spiro atoms. The van der Waals surface area contributed by atoms with Gasteiger partial charge in [0.1, 0.15) is 18.1 Å². The lowest BCUT2D eigenvalue weighted by molar-refractivity contribution is -0.176. The van der Waals surface area contributed by atoms with Crippen molar-refractivity contribution in [2.75, 3.05) is 13.1 Å². The molecule has 3 N–H and O–H groups in total. The number of amides is 4. The third kappa shape index (κ3) is 5.07. The average molecular weight is 564 g/mol. The maximum absolute atomic E-state index is 15.7. The summed E-state index contributed by atoms with van der Waals surface area (Å²) in [6, 6.07) is -6.09. The number of hydrogen-bond donors (Lipinski definition) is 3. The van der Waals surface area contributed by atoms with E-state index in [1.165, 1.54) is 20.8 Å². The smallest absolute Gasteiger partial charge is 0.356 e. The molecule has 9 nitrogen and oxygen atoms in total. The number of carbonyl (C=O) groups excluding carboxylic acids is 4. The van der Waals surface area contributed by atoms with Crippen LogP contribution in [0.25, 0.3) is 0 Å². The van der Waals surface area contributed by atoms with Crippen LogP contribution in [0.5, 0.6) is 0 Å². The van der Waals surface area contributed by atoms with Crippen LogP contribution in [0.4, 0.5) is 22.0 Å². The molecule has 1 saturated carbocycles.